The van der Waals surface area contributed by atoms with Gasteiger partial charge in [0.2, 0.25) is 0 Å². The molecule has 0 aliphatic rings. The SMILES string of the molecule is C/C=C\C=C/c1sc2c(c1C)c1sc3ccpcc3c1c1sc3ccccc3c21. The highest BCUT2D eigenvalue weighted by molar-refractivity contribution is 7.33. The highest BCUT2D eigenvalue weighted by atomic mass is 32.1. The van der Waals surface area contributed by atoms with Crippen LogP contribution in [0.1, 0.15) is 17.4 Å². The average molecular weight is 445 g/mol. The lowest BCUT2D eigenvalue weighted by Gasteiger charge is -2.00. The number of fused-ring (bicyclic) bond motifs is 10. The van der Waals surface area contributed by atoms with Gasteiger partial charge in [0.25, 0.3) is 0 Å². The van der Waals surface area contributed by atoms with Gasteiger partial charge in [-0.05, 0) is 49.2 Å². The van der Waals surface area contributed by atoms with Crippen LogP contribution >= 0.6 is 42.2 Å². The maximum absolute atomic E-state index is 2.39. The molecule has 0 atom stereocenters. The number of benzene rings is 2. The molecule has 0 unspecified atom stereocenters. The van der Waals surface area contributed by atoms with Crippen molar-refractivity contribution in [2.24, 2.45) is 0 Å². The van der Waals surface area contributed by atoms with Crippen LogP contribution in [0.4, 0.5) is 0 Å². The number of thiophene rings is 3. The summed E-state index contributed by atoms with van der Waals surface area (Å²) in [5.41, 5.74) is 1.41. The van der Waals surface area contributed by atoms with E-state index in [1.807, 2.05) is 34.0 Å². The molecule has 0 spiro atoms. The fourth-order valence-corrected chi connectivity index (χ4v) is 9.17. The van der Waals surface area contributed by atoms with E-state index in [4.69, 9.17) is 0 Å². The van der Waals surface area contributed by atoms with Crippen molar-refractivity contribution in [3.8, 4) is 0 Å². The topological polar surface area (TPSA) is 0 Å². The maximum atomic E-state index is 2.39. The first-order chi connectivity index (χ1) is 14.3. The van der Waals surface area contributed by atoms with E-state index in [0.29, 0.717) is 0 Å². The van der Waals surface area contributed by atoms with Gasteiger partial charge in [-0.3, -0.25) is 0 Å². The second-order valence-electron chi connectivity index (χ2n) is 7.16. The lowest BCUT2D eigenvalue weighted by atomic mass is 10.0. The third-order valence-corrected chi connectivity index (χ3v) is 9.88. The van der Waals surface area contributed by atoms with E-state index in [0.717, 1.165) is 0 Å². The molecule has 0 N–H and O–H groups in total. The molecule has 4 heterocycles. The molecule has 4 heteroatoms. The fourth-order valence-electron chi connectivity index (χ4n) is 4.18. The summed E-state index contributed by atoms with van der Waals surface area (Å²) in [5, 5.41) is 7.21. The van der Waals surface area contributed by atoms with Crippen molar-refractivity contribution in [1.29, 1.82) is 0 Å². The molecule has 0 nitrogen and oxygen atoms in total. The summed E-state index contributed by atoms with van der Waals surface area (Å²) >= 11 is 5.87. The standard InChI is InChI=1S/C25H17PS3/c1-3-4-5-9-17-14(2)20-23(27-17)21-15-8-6-7-10-18(15)28-25(21)22-16-13-26-12-11-19(16)29-24(20)22/h3-13H,1-2H3/b4-3-,9-5-. The van der Waals surface area contributed by atoms with Gasteiger partial charge in [0.15, 0.2) is 0 Å². The molecule has 0 saturated carbocycles. The van der Waals surface area contributed by atoms with E-state index < -0.39 is 0 Å². The third-order valence-electron chi connectivity index (χ3n) is 5.50. The molecule has 6 aromatic rings. The lowest BCUT2D eigenvalue weighted by molar-refractivity contribution is 1.59. The molecular weight excluding hydrogens is 427 g/mol. The zero-order valence-electron chi connectivity index (χ0n) is 16.0. The molecule has 29 heavy (non-hydrogen) atoms. The highest BCUT2D eigenvalue weighted by Gasteiger charge is 2.21. The van der Waals surface area contributed by atoms with Crippen LogP contribution in [0.5, 0.6) is 0 Å². The van der Waals surface area contributed by atoms with Crippen LogP contribution in [-0.2, 0) is 0 Å². The Labute approximate surface area is 182 Å². The fraction of sp³-hybridized carbons (Fsp3) is 0.0800. The largest absolute Gasteiger partial charge is 0.135 e. The quantitative estimate of drug-likeness (QED) is 0.233. The number of hydrogen-bond donors (Lipinski definition) is 0. The molecule has 0 aliphatic heterocycles. The molecule has 0 radical (unpaired) electrons. The third kappa shape index (κ3) is 2.52. The van der Waals surface area contributed by atoms with E-state index in [1.165, 1.54) is 69.1 Å². The summed E-state index contributed by atoms with van der Waals surface area (Å²) in [5.74, 6) is 4.64. The Bertz CT molecular complexity index is 1620. The zero-order chi connectivity index (χ0) is 19.5. The van der Waals surface area contributed by atoms with E-state index in [1.54, 1.807) is 0 Å². The molecule has 2 aromatic carbocycles. The minimum atomic E-state index is 1.28. The Morgan fingerprint density at radius 1 is 0.793 bits per heavy atom. The predicted octanol–water partition coefficient (Wildman–Crippen LogP) is 10.1. The molecule has 0 bridgehead atoms. The van der Waals surface area contributed by atoms with Gasteiger partial charge in [-0.2, -0.15) is 0 Å². The van der Waals surface area contributed by atoms with Gasteiger partial charge in [-0.25, -0.2) is 0 Å². The number of hydrogen-bond acceptors (Lipinski definition) is 3. The van der Waals surface area contributed by atoms with Gasteiger partial charge in [-0.1, -0.05) is 44.6 Å². The van der Waals surface area contributed by atoms with Crippen LogP contribution in [0.2, 0.25) is 0 Å². The minimum absolute atomic E-state index is 1.28. The van der Waals surface area contributed by atoms with E-state index >= 15 is 0 Å². The lowest BCUT2D eigenvalue weighted by Crippen LogP contribution is -1.75. The first-order valence-corrected chi connectivity index (χ1v) is 13.1. The van der Waals surface area contributed by atoms with Gasteiger partial charge < -0.3 is 0 Å². The van der Waals surface area contributed by atoms with E-state index in [9.17, 15) is 0 Å². The summed E-state index contributed by atoms with van der Waals surface area (Å²) in [6.07, 6.45) is 8.62. The monoisotopic (exact) mass is 444 g/mol. The summed E-state index contributed by atoms with van der Waals surface area (Å²) in [4.78, 5) is 1.37. The van der Waals surface area contributed by atoms with Gasteiger partial charge >= 0.3 is 0 Å². The van der Waals surface area contributed by atoms with Crippen LogP contribution in [0.25, 0.3) is 56.5 Å². The van der Waals surface area contributed by atoms with E-state index in [-0.39, 0.29) is 0 Å². The van der Waals surface area contributed by atoms with Crippen molar-refractivity contribution in [3.63, 3.8) is 0 Å². The van der Waals surface area contributed by atoms with Crippen LogP contribution in [-0.4, -0.2) is 0 Å². The van der Waals surface area contributed by atoms with Crippen LogP contribution < -0.4 is 0 Å². The summed E-state index contributed by atoms with van der Waals surface area (Å²) < 4.78 is 7.15. The summed E-state index contributed by atoms with van der Waals surface area (Å²) in [6, 6.07) is 11.2. The van der Waals surface area contributed by atoms with Gasteiger partial charge in [-0.15, -0.1) is 34.0 Å². The Kier molecular flexibility index (Phi) is 4.14. The first-order valence-electron chi connectivity index (χ1n) is 9.60. The molecule has 0 fully saturated rings. The van der Waals surface area contributed by atoms with Crippen molar-refractivity contribution in [1.82, 2.24) is 0 Å². The van der Waals surface area contributed by atoms with Crippen LogP contribution in [0.3, 0.4) is 0 Å². The van der Waals surface area contributed by atoms with Gasteiger partial charge in [0.1, 0.15) is 0 Å². The van der Waals surface area contributed by atoms with Gasteiger partial charge in [0.05, 0.1) is 0 Å². The smallest absolute Gasteiger partial charge is 0.0463 e. The molecule has 6 rings (SSSR count). The number of allylic oxidation sites excluding steroid dienone is 3. The molecule has 0 saturated heterocycles. The highest BCUT2D eigenvalue weighted by Crippen LogP contribution is 2.52. The molecule has 140 valence electrons. The molecular formula is C25H17PS3. The number of aryl methyl sites for hydroxylation is 1. The molecule has 0 amide bonds. The van der Waals surface area contributed by atoms with Crippen molar-refractivity contribution in [2.45, 2.75) is 13.8 Å². The van der Waals surface area contributed by atoms with Crippen LogP contribution in [0.15, 0.2) is 60.2 Å². The van der Waals surface area contributed by atoms with Crippen LogP contribution in [0, 0.1) is 6.92 Å². The Hall–Kier alpha value is -2.03. The van der Waals surface area contributed by atoms with Crippen molar-refractivity contribution in [3.05, 3.63) is 70.6 Å². The van der Waals surface area contributed by atoms with Crippen molar-refractivity contribution in [2.75, 3.05) is 0 Å². The number of rotatable bonds is 2. The van der Waals surface area contributed by atoms with Crippen molar-refractivity contribution >= 4 is 98.7 Å². The Morgan fingerprint density at radius 2 is 1.52 bits per heavy atom. The second kappa shape index (κ2) is 6.75. The normalized spacial score (nSPS) is 13.2. The first kappa shape index (κ1) is 17.8. The van der Waals surface area contributed by atoms with Crippen molar-refractivity contribution < 1.29 is 0 Å². The Morgan fingerprint density at radius 3 is 2.38 bits per heavy atom. The second-order valence-corrected chi connectivity index (χ2v) is 11.2. The molecule has 4 aromatic heterocycles. The average Bonchev–Trinajstić information content (AvgIpc) is 3.39. The van der Waals surface area contributed by atoms with Gasteiger partial charge in [0, 0.05) is 55.3 Å². The predicted molar refractivity (Wildman–Crippen MR) is 139 cm³/mol. The summed E-state index contributed by atoms with van der Waals surface area (Å²) in [6.45, 7) is 4.36. The Balaban J connectivity index is 1.92. The molecule has 0 aliphatic carbocycles. The van der Waals surface area contributed by atoms with E-state index in [2.05, 4.69) is 80.1 Å². The zero-order valence-corrected chi connectivity index (χ0v) is 19.4. The minimum Gasteiger partial charge on any atom is -0.135 e. The maximum Gasteiger partial charge on any atom is 0.0463 e. The summed E-state index contributed by atoms with van der Waals surface area (Å²) in [7, 11) is 1.28.